The van der Waals surface area contributed by atoms with Gasteiger partial charge in [0, 0.05) is 31.7 Å². The highest BCUT2D eigenvalue weighted by atomic mass is 32.1. The summed E-state index contributed by atoms with van der Waals surface area (Å²) < 4.78 is 12.3. The lowest BCUT2D eigenvalue weighted by Gasteiger charge is -2.29. The molecule has 160 valence electrons. The molecule has 2 atom stereocenters. The van der Waals surface area contributed by atoms with Gasteiger partial charge in [-0.25, -0.2) is 4.79 Å². The second kappa shape index (κ2) is 9.28. The summed E-state index contributed by atoms with van der Waals surface area (Å²) >= 11 is 5.68. The second-order valence-corrected chi connectivity index (χ2v) is 7.51. The molecule has 1 saturated heterocycles. The highest BCUT2D eigenvalue weighted by molar-refractivity contribution is 7.80. The maximum absolute atomic E-state index is 12.4. The largest absolute Gasteiger partial charge is 0.465 e. The number of carbonyl (C=O) groups excluding carboxylic acids is 1. The Morgan fingerprint density at radius 3 is 2.68 bits per heavy atom. The normalized spacial score (nSPS) is 18.1. The average Bonchev–Trinajstić information content (AvgIpc) is 3.41. The highest BCUT2D eigenvalue weighted by Crippen LogP contribution is 2.39. The lowest BCUT2D eigenvalue weighted by Crippen LogP contribution is -2.33. The number of thiocarbonyl (C=S) groups is 1. The minimum absolute atomic E-state index is 0.141. The zero-order valence-corrected chi connectivity index (χ0v) is 18.2. The Kier molecular flexibility index (Phi) is 6.29. The molecule has 1 aromatic carbocycles. The lowest BCUT2D eigenvalue weighted by molar-refractivity contribution is 0.0600. The van der Waals surface area contributed by atoms with E-state index in [1.54, 1.807) is 19.4 Å². The minimum Gasteiger partial charge on any atom is -0.465 e. The first-order chi connectivity index (χ1) is 15.2. The molecule has 1 aliphatic heterocycles. The van der Waals surface area contributed by atoms with Crippen molar-refractivity contribution in [2.75, 3.05) is 27.4 Å². The quantitative estimate of drug-likeness (QED) is 0.450. The fraction of sp³-hybridized carbons (Fsp3) is 0.261. The predicted octanol–water partition coefficient (Wildman–Crippen LogP) is 3.28. The van der Waals surface area contributed by atoms with Gasteiger partial charge >= 0.3 is 5.97 Å². The fourth-order valence-electron chi connectivity index (χ4n) is 3.98. The number of carbonyl (C=O) groups is 1. The van der Waals surface area contributed by atoms with Gasteiger partial charge in [-0.05, 0) is 48.6 Å². The van der Waals surface area contributed by atoms with E-state index in [2.05, 4.69) is 15.2 Å². The second-order valence-electron chi connectivity index (χ2n) is 7.12. The van der Waals surface area contributed by atoms with Gasteiger partial charge in [0.1, 0.15) is 0 Å². The molecule has 1 fully saturated rings. The van der Waals surface area contributed by atoms with Gasteiger partial charge in [0.15, 0.2) is 5.11 Å². The Morgan fingerprint density at radius 2 is 1.94 bits per heavy atom. The Balaban J connectivity index is 1.83. The van der Waals surface area contributed by atoms with Crippen molar-refractivity contribution in [3.8, 4) is 5.69 Å². The number of hydrogen-bond acceptors (Lipinski definition) is 5. The first-order valence-corrected chi connectivity index (χ1v) is 10.4. The van der Waals surface area contributed by atoms with Crippen molar-refractivity contribution in [1.82, 2.24) is 19.8 Å². The van der Waals surface area contributed by atoms with Crippen LogP contribution in [0.1, 0.15) is 33.8 Å². The van der Waals surface area contributed by atoms with E-state index in [0.29, 0.717) is 23.8 Å². The van der Waals surface area contributed by atoms with E-state index in [9.17, 15) is 4.79 Å². The summed E-state index contributed by atoms with van der Waals surface area (Å²) in [6.45, 7) is 1.16. The highest BCUT2D eigenvalue weighted by Gasteiger charge is 2.41. The summed E-state index contributed by atoms with van der Waals surface area (Å²) in [5.41, 5.74) is 3.12. The molecule has 0 spiro atoms. The number of benzene rings is 1. The van der Waals surface area contributed by atoms with E-state index >= 15 is 0 Å². The van der Waals surface area contributed by atoms with E-state index in [1.165, 1.54) is 7.11 Å². The van der Waals surface area contributed by atoms with Crippen LogP contribution in [-0.4, -0.2) is 52.9 Å². The molecule has 0 bridgehead atoms. The number of rotatable bonds is 7. The topological polar surface area (TPSA) is 68.6 Å². The van der Waals surface area contributed by atoms with Crippen LogP contribution in [0.4, 0.5) is 0 Å². The summed E-state index contributed by atoms with van der Waals surface area (Å²) in [5.74, 6) is -0.382. The first kappa shape index (κ1) is 21.0. The molecule has 2 aromatic heterocycles. The molecular weight excluding hydrogens is 412 g/mol. The van der Waals surface area contributed by atoms with Crippen molar-refractivity contribution in [3.05, 3.63) is 83.9 Å². The summed E-state index contributed by atoms with van der Waals surface area (Å²) in [7, 11) is 3.06. The van der Waals surface area contributed by atoms with Crippen molar-refractivity contribution >= 4 is 23.3 Å². The number of ether oxygens (including phenoxy) is 2. The van der Waals surface area contributed by atoms with Crippen LogP contribution in [0.5, 0.6) is 0 Å². The zero-order chi connectivity index (χ0) is 21.8. The molecule has 8 heteroatoms. The molecule has 7 nitrogen and oxygen atoms in total. The zero-order valence-electron chi connectivity index (χ0n) is 17.4. The summed E-state index contributed by atoms with van der Waals surface area (Å²) in [6.07, 6.45) is 3.73. The molecule has 0 unspecified atom stereocenters. The lowest BCUT2D eigenvalue weighted by atomic mass is 10.0. The van der Waals surface area contributed by atoms with Gasteiger partial charge in [0.2, 0.25) is 0 Å². The van der Waals surface area contributed by atoms with Crippen LogP contribution in [0.2, 0.25) is 0 Å². The third kappa shape index (κ3) is 4.04. The van der Waals surface area contributed by atoms with Crippen LogP contribution in [0.25, 0.3) is 5.69 Å². The molecule has 0 radical (unpaired) electrons. The molecule has 31 heavy (non-hydrogen) atoms. The molecular formula is C23H24N4O3S. The summed E-state index contributed by atoms with van der Waals surface area (Å²) in [6, 6.07) is 17.0. The third-order valence-electron chi connectivity index (χ3n) is 5.39. The first-order valence-electron chi connectivity index (χ1n) is 9.97. The SMILES string of the molecule is COCCN1C(=S)N[C@@H](c2ccccn2)[C@H]1c1cccn1-c1ccccc1C(=O)OC. The average molecular weight is 437 g/mol. The van der Waals surface area contributed by atoms with E-state index in [-0.39, 0.29) is 18.1 Å². The predicted molar refractivity (Wildman–Crippen MR) is 121 cm³/mol. The van der Waals surface area contributed by atoms with Crippen molar-refractivity contribution in [2.45, 2.75) is 12.1 Å². The van der Waals surface area contributed by atoms with Crippen LogP contribution in [0, 0.1) is 0 Å². The van der Waals surface area contributed by atoms with Crippen molar-refractivity contribution in [3.63, 3.8) is 0 Å². The molecule has 0 aliphatic carbocycles. The van der Waals surface area contributed by atoms with Crippen LogP contribution < -0.4 is 5.32 Å². The van der Waals surface area contributed by atoms with Gasteiger partial charge in [-0.15, -0.1) is 0 Å². The van der Waals surface area contributed by atoms with Gasteiger partial charge in [-0.2, -0.15) is 0 Å². The molecule has 0 amide bonds. The number of pyridine rings is 1. The molecule has 4 rings (SSSR count). The van der Waals surface area contributed by atoms with Gasteiger partial charge < -0.3 is 24.3 Å². The van der Waals surface area contributed by atoms with E-state index in [1.807, 2.05) is 59.3 Å². The summed E-state index contributed by atoms with van der Waals surface area (Å²) in [5, 5.41) is 4.07. The Bertz CT molecular complexity index is 1070. The maximum atomic E-state index is 12.4. The number of esters is 1. The van der Waals surface area contributed by atoms with Gasteiger partial charge in [-0.3, -0.25) is 4.98 Å². The fourth-order valence-corrected chi connectivity index (χ4v) is 4.31. The Labute approximate surface area is 186 Å². The molecule has 0 saturated carbocycles. The van der Waals surface area contributed by atoms with Gasteiger partial charge in [0.25, 0.3) is 0 Å². The van der Waals surface area contributed by atoms with Gasteiger partial charge in [0.05, 0.1) is 42.7 Å². The summed E-state index contributed by atoms with van der Waals surface area (Å²) in [4.78, 5) is 19.1. The van der Waals surface area contributed by atoms with Crippen LogP contribution >= 0.6 is 12.2 Å². The third-order valence-corrected chi connectivity index (χ3v) is 5.74. The smallest absolute Gasteiger partial charge is 0.339 e. The van der Waals surface area contributed by atoms with Crippen molar-refractivity contribution in [1.29, 1.82) is 0 Å². The number of hydrogen-bond donors (Lipinski definition) is 1. The van der Waals surface area contributed by atoms with Crippen molar-refractivity contribution < 1.29 is 14.3 Å². The Hall–Kier alpha value is -3.23. The molecule has 3 heterocycles. The van der Waals surface area contributed by atoms with Gasteiger partial charge in [-0.1, -0.05) is 18.2 Å². The van der Waals surface area contributed by atoms with Crippen LogP contribution in [-0.2, 0) is 9.47 Å². The van der Waals surface area contributed by atoms with Crippen molar-refractivity contribution in [2.24, 2.45) is 0 Å². The van der Waals surface area contributed by atoms with E-state index in [0.717, 1.165) is 17.1 Å². The minimum atomic E-state index is -0.382. The molecule has 3 aromatic rings. The number of methoxy groups -OCH3 is 2. The van der Waals surface area contributed by atoms with E-state index in [4.69, 9.17) is 21.7 Å². The monoisotopic (exact) mass is 436 g/mol. The number of para-hydroxylation sites is 1. The van der Waals surface area contributed by atoms with Crippen LogP contribution in [0.3, 0.4) is 0 Å². The number of nitrogens with one attached hydrogen (secondary N) is 1. The Morgan fingerprint density at radius 1 is 1.13 bits per heavy atom. The number of nitrogens with zero attached hydrogens (tertiary/aromatic N) is 3. The van der Waals surface area contributed by atoms with Crippen LogP contribution in [0.15, 0.2) is 67.0 Å². The van der Waals surface area contributed by atoms with E-state index < -0.39 is 0 Å². The number of aromatic nitrogens is 2. The molecule has 1 aliphatic rings. The maximum Gasteiger partial charge on any atom is 0.339 e. The molecule has 1 N–H and O–H groups in total. The standard InChI is InChI=1S/C23H24N4O3S/c1-29-15-14-27-21(20(25-23(27)31)17-9-5-6-12-24-17)19-11-7-13-26(19)18-10-4-3-8-16(18)22(28)30-2/h3-13,20-21H,14-15H2,1-2H3,(H,25,31)/t20-,21+/m0/s1.